The lowest BCUT2D eigenvalue weighted by Crippen LogP contribution is -2.43. The predicted octanol–water partition coefficient (Wildman–Crippen LogP) is 3.90. The number of nitrogens with zero attached hydrogens (tertiary/aromatic N) is 2. The first-order valence-corrected chi connectivity index (χ1v) is 10.9. The summed E-state index contributed by atoms with van der Waals surface area (Å²) in [6.45, 7) is 4.24. The Bertz CT molecular complexity index is 1160. The lowest BCUT2D eigenvalue weighted by atomic mass is 10.1. The molecule has 0 aliphatic rings. The van der Waals surface area contributed by atoms with Crippen LogP contribution < -0.4 is 15.6 Å². The molecule has 3 rings (SSSR count). The zero-order valence-electron chi connectivity index (χ0n) is 17.8. The van der Waals surface area contributed by atoms with Crippen molar-refractivity contribution in [1.29, 1.82) is 0 Å². The van der Waals surface area contributed by atoms with Gasteiger partial charge < -0.3 is 4.74 Å². The first kappa shape index (κ1) is 23.5. The Kier molecular flexibility index (Phi) is 8.02. The SMILES string of the molecule is CCCc1n[nH]c(=S)n1CC(=O)NNC(=O)c1ccc(COc2ccc(Cl)c(C)c2)cc1. The fourth-order valence-corrected chi connectivity index (χ4v) is 3.27. The van der Waals surface area contributed by atoms with Gasteiger partial charge >= 0.3 is 0 Å². The van der Waals surface area contributed by atoms with Crippen molar-refractivity contribution in [2.45, 2.75) is 39.8 Å². The normalized spacial score (nSPS) is 10.6. The molecule has 0 saturated carbocycles. The Morgan fingerprint density at radius 1 is 1.19 bits per heavy atom. The van der Waals surface area contributed by atoms with Gasteiger partial charge in [0.2, 0.25) is 0 Å². The van der Waals surface area contributed by atoms with Gasteiger partial charge in [0.15, 0.2) is 4.77 Å². The molecule has 0 unspecified atom stereocenters. The number of hydrazine groups is 1. The molecule has 3 N–H and O–H groups in total. The zero-order valence-corrected chi connectivity index (χ0v) is 19.3. The van der Waals surface area contributed by atoms with E-state index in [1.165, 1.54) is 0 Å². The van der Waals surface area contributed by atoms with Crippen LogP contribution in [0.3, 0.4) is 0 Å². The third-order valence-electron chi connectivity index (χ3n) is 4.68. The number of amides is 2. The largest absolute Gasteiger partial charge is 0.489 e. The van der Waals surface area contributed by atoms with Crippen LogP contribution in [0.4, 0.5) is 0 Å². The van der Waals surface area contributed by atoms with Crippen molar-refractivity contribution in [3.63, 3.8) is 0 Å². The summed E-state index contributed by atoms with van der Waals surface area (Å²) in [5.41, 5.74) is 7.06. The fourth-order valence-electron chi connectivity index (χ4n) is 2.94. The van der Waals surface area contributed by atoms with Crippen molar-refractivity contribution in [1.82, 2.24) is 25.6 Å². The van der Waals surface area contributed by atoms with Gasteiger partial charge in [-0.2, -0.15) is 5.10 Å². The molecule has 2 amide bonds. The van der Waals surface area contributed by atoms with Crippen LogP contribution in [0.25, 0.3) is 0 Å². The highest BCUT2D eigenvalue weighted by atomic mass is 35.5. The fraction of sp³-hybridized carbons (Fsp3) is 0.273. The average Bonchev–Trinajstić information content (AvgIpc) is 3.12. The highest BCUT2D eigenvalue weighted by Crippen LogP contribution is 2.21. The minimum atomic E-state index is -0.427. The van der Waals surface area contributed by atoms with Crippen molar-refractivity contribution in [3.8, 4) is 5.75 Å². The third kappa shape index (κ3) is 6.18. The molecule has 1 aromatic heterocycles. The smallest absolute Gasteiger partial charge is 0.269 e. The molecule has 8 nitrogen and oxygen atoms in total. The van der Waals surface area contributed by atoms with Crippen LogP contribution in [0.1, 0.15) is 40.7 Å². The number of aryl methyl sites for hydroxylation is 2. The first-order valence-electron chi connectivity index (χ1n) is 10.1. The second kappa shape index (κ2) is 10.9. The summed E-state index contributed by atoms with van der Waals surface area (Å²) in [7, 11) is 0. The summed E-state index contributed by atoms with van der Waals surface area (Å²) in [6, 6.07) is 12.4. The number of hydrogen-bond donors (Lipinski definition) is 3. The Morgan fingerprint density at radius 3 is 2.62 bits per heavy atom. The van der Waals surface area contributed by atoms with Gasteiger partial charge in [0, 0.05) is 17.0 Å². The highest BCUT2D eigenvalue weighted by Gasteiger charge is 2.12. The Labute approximate surface area is 195 Å². The topological polar surface area (TPSA) is 101 Å². The average molecular weight is 474 g/mol. The maximum atomic E-state index is 12.3. The molecule has 0 fully saturated rings. The number of aromatic amines is 1. The summed E-state index contributed by atoms with van der Waals surface area (Å²) >= 11 is 11.2. The van der Waals surface area contributed by atoms with E-state index in [9.17, 15) is 9.59 Å². The van der Waals surface area contributed by atoms with Crippen LogP contribution in [0.5, 0.6) is 5.75 Å². The monoisotopic (exact) mass is 473 g/mol. The molecule has 1 heterocycles. The van der Waals surface area contributed by atoms with Crippen LogP contribution >= 0.6 is 23.8 Å². The number of hydrogen-bond acceptors (Lipinski definition) is 5. The van der Waals surface area contributed by atoms with Crippen molar-refractivity contribution >= 4 is 35.6 Å². The molecule has 0 radical (unpaired) electrons. The lowest BCUT2D eigenvalue weighted by Gasteiger charge is -2.10. The molecule has 2 aromatic carbocycles. The van der Waals surface area contributed by atoms with Gasteiger partial charge in [-0.15, -0.1) is 0 Å². The van der Waals surface area contributed by atoms with Gasteiger partial charge in [-0.25, -0.2) is 0 Å². The molecule has 0 atom stereocenters. The third-order valence-corrected chi connectivity index (χ3v) is 5.41. The number of carbonyl (C=O) groups is 2. The Morgan fingerprint density at radius 2 is 1.94 bits per heavy atom. The molecule has 168 valence electrons. The molecule has 3 aromatic rings. The number of H-pyrrole nitrogens is 1. The van der Waals surface area contributed by atoms with Gasteiger partial charge in [0.25, 0.3) is 11.8 Å². The second-order valence-corrected chi connectivity index (χ2v) is 7.97. The molecule has 0 spiro atoms. The van der Waals surface area contributed by atoms with Gasteiger partial charge in [-0.1, -0.05) is 30.7 Å². The van der Waals surface area contributed by atoms with E-state index in [4.69, 9.17) is 28.6 Å². The minimum absolute atomic E-state index is 0.0363. The summed E-state index contributed by atoms with van der Waals surface area (Å²) in [6.07, 6.45) is 1.57. The second-order valence-electron chi connectivity index (χ2n) is 7.18. The number of ether oxygens (including phenoxy) is 1. The van der Waals surface area contributed by atoms with E-state index in [0.29, 0.717) is 34.2 Å². The van der Waals surface area contributed by atoms with Gasteiger partial charge in [-0.3, -0.25) is 30.1 Å². The molecule has 32 heavy (non-hydrogen) atoms. The van der Waals surface area contributed by atoms with Crippen molar-refractivity contribution in [3.05, 3.63) is 74.8 Å². The van der Waals surface area contributed by atoms with E-state index in [-0.39, 0.29) is 6.54 Å². The molecular formula is C22H24ClN5O3S. The van der Waals surface area contributed by atoms with E-state index >= 15 is 0 Å². The van der Waals surface area contributed by atoms with Crippen LogP contribution in [0, 0.1) is 11.7 Å². The van der Waals surface area contributed by atoms with Crippen molar-refractivity contribution in [2.75, 3.05) is 0 Å². The predicted molar refractivity (Wildman–Crippen MR) is 124 cm³/mol. The summed E-state index contributed by atoms with van der Waals surface area (Å²) in [4.78, 5) is 24.5. The van der Waals surface area contributed by atoms with Crippen LogP contribution in [0.15, 0.2) is 42.5 Å². The van der Waals surface area contributed by atoms with Crippen LogP contribution in [-0.4, -0.2) is 26.6 Å². The van der Waals surface area contributed by atoms with Crippen LogP contribution in [0.2, 0.25) is 5.02 Å². The van der Waals surface area contributed by atoms with Gasteiger partial charge in [0.1, 0.15) is 24.7 Å². The van der Waals surface area contributed by atoms with Crippen LogP contribution in [-0.2, 0) is 24.4 Å². The maximum Gasteiger partial charge on any atom is 0.269 e. The molecule has 0 saturated heterocycles. The van der Waals surface area contributed by atoms with E-state index < -0.39 is 11.8 Å². The number of carbonyl (C=O) groups excluding carboxylic acids is 2. The molecule has 0 bridgehead atoms. The standard InChI is InChI=1S/C22H24ClN5O3S/c1-3-4-19-24-27-22(32)28(19)12-20(29)25-26-21(30)16-7-5-15(6-8-16)13-31-17-9-10-18(23)14(2)11-17/h5-11H,3-4,12-13H2,1-2H3,(H,25,29)(H,26,30)(H,27,32). The number of rotatable bonds is 8. The maximum absolute atomic E-state index is 12.3. The van der Waals surface area contributed by atoms with Crippen molar-refractivity contribution < 1.29 is 14.3 Å². The van der Waals surface area contributed by atoms with E-state index in [2.05, 4.69) is 21.0 Å². The highest BCUT2D eigenvalue weighted by molar-refractivity contribution is 7.71. The number of halogens is 1. The summed E-state index contributed by atoms with van der Waals surface area (Å²) < 4.78 is 7.73. The quantitative estimate of drug-likeness (QED) is 0.340. The first-order chi connectivity index (χ1) is 15.4. The molecular weight excluding hydrogens is 450 g/mol. The van der Waals surface area contributed by atoms with E-state index in [1.807, 2.05) is 26.0 Å². The molecule has 10 heteroatoms. The van der Waals surface area contributed by atoms with E-state index in [1.54, 1.807) is 34.9 Å². The zero-order chi connectivity index (χ0) is 23.1. The molecule has 0 aliphatic carbocycles. The lowest BCUT2D eigenvalue weighted by molar-refractivity contribution is -0.122. The Hall–Kier alpha value is -3.17. The Balaban J connectivity index is 1.50. The molecule has 0 aliphatic heterocycles. The number of benzene rings is 2. The van der Waals surface area contributed by atoms with Gasteiger partial charge in [-0.05, 0) is 67.0 Å². The minimum Gasteiger partial charge on any atom is -0.489 e. The number of aromatic nitrogens is 3. The number of nitrogens with one attached hydrogen (secondary N) is 3. The summed E-state index contributed by atoms with van der Waals surface area (Å²) in [5.74, 6) is 0.585. The van der Waals surface area contributed by atoms with Crippen molar-refractivity contribution in [2.24, 2.45) is 0 Å². The van der Waals surface area contributed by atoms with Gasteiger partial charge in [0.05, 0.1) is 0 Å². The van der Waals surface area contributed by atoms with E-state index in [0.717, 1.165) is 23.3 Å². The summed E-state index contributed by atoms with van der Waals surface area (Å²) in [5, 5.41) is 7.48.